The van der Waals surface area contributed by atoms with E-state index >= 15 is 0 Å². The number of hydrogen-bond acceptors (Lipinski definition) is 3. The average Bonchev–Trinajstić information content (AvgIpc) is 2.48. The topological polar surface area (TPSA) is 35.6 Å². The number of likely N-dealkylation sites (N-methyl/N-ethyl adjacent to an activating group) is 1. The van der Waals surface area contributed by atoms with Crippen LogP contribution in [0.1, 0.15) is 12.0 Å². The van der Waals surface area contributed by atoms with Crippen LogP contribution in [-0.4, -0.2) is 62.0 Å². The minimum Gasteiger partial charge on any atom is -0.339 e. The number of amides is 1. The fourth-order valence-electron chi connectivity index (χ4n) is 2.43. The average molecular weight is 275 g/mol. The normalized spacial score (nSPS) is 16.4. The maximum absolute atomic E-state index is 12.0. The molecule has 4 heteroatoms. The summed E-state index contributed by atoms with van der Waals surface area (Å²) in [5.74, 6) is 0.234. The summed E-state index contributed by atoms with van der Waals surface area (Å²) in [5.41, 5.74) is 1.36. The Morgan fingerprint density at radius 1 is 1.15 bits per heavy atom. The van der Waals surface area contributed by atoms with Gasteiger partial charge in [-0.1, -0.05) is 30.3 Å². The third kappa shape index (κ3) is 4.94. The Bertz CT molecular complexity index is 399. The predicted octanol–water partition coefficient (Wildman–Crippen LogP) is 0.983. The second-order valence-corrected chi connectivity index (χ2v) is 5.45. The van der Waals surface area contributed by atoms with Crippen molar-refractivity contribution in [3.05, 3.63) is 35.9 Å². The summed E-state index contributed by atoms with van der Waals surface area (Å²) in [6, 6.07) is 10.5. The van der Waals surface area contributed by atoms with Crippen molar-refractivity contribution in [2.45, 2.75) is 12.8 Å². The first kappa shape index (κ1) is 15.0. The lowest BCUT2D eigenvalue weighted by atomic mass is 10.1. The molecule has 1 aliphatic heterocycles. The van der Waals surface area contributed by atoms with Gasteiger partial charge in [-0.05, 0) is 32.0 Å². The van der Waals surface area contributed by atoms with Crippen LogP contribution in [0.5, 0.6) is 0 Å². The molecule has 0 unspecified atom stereocenters. The van der Waals surface area contributed by atoms with E-state index in [4.69, 9.17) is 0 Å². The van der Waals surface area contributed by atoms with Gasteiger partial charge in [-0.3, -0.25) is 4.79 Å². The van der Waals surface area contributed by atoms with Crippen LogP contribution in [-0.2, 0) is 11.2 Å². The van der Waals surface area contributed by atoms with Crippen LogP contribution < -0.4 is 5.32 Å². The zero-order valence-electron chi connectivity index (χ0n) is 12.3. The van der Waals surface area contributed by atoms with Crippen molar-refractivity contribution in [2.24, 2.45) is 0 Å². The summed E-state index contributed by atoms with van der Waals surface area (Å²) in [6.07, 6.45) is 2.14. The Balaban J connectivity index is 1.55. The molecule has 0 aromatic heterocycles. The number of nitrogens with zero attached hydrogens (tertiary/aromatic N) is 2. The molecule has 2 rings (SSSR count). The van der Waals surface area contributed by atoms with E-state index in [0.29, 0.717) is 6.54 Å². The predicted molar refractivity (Wildman–Crippen MR) is 81.7 cm³/mol. The molecule has 0 radical (unpaired) electrons. The SMILES string of the molecule is CN1CCN(C(=O)CNCCCc2ccccc2)CC1. The lowest BCUT2D eigenvalue weighted by Gasteiger charge is -2.32. The van der Waals surface area contributed by atoms with Gasteiger partial charge in [-0.2, -0.15) is 0 Å². The summed E-state index contributed by atoms with van der Waals surface area (Å²) in [7, 11) is 2.10. The van der Waals surface area contributed by atoms with Gasteiger partial charge in [-0.25, -0.2) is 0 Å². The largest absolute Gasteiger partial charge is 0.339 e. The van der Waals surface area contributed by atoms with E-state index in [0.717, 1.165) is 45.6 Å². The molecule has 110 valence electrons. The molecular weight excluding hydrogens is 250 g/mol. The highest BCUT2D eigenvalue weighted by Crippen LogP contribution is 2.02. The van der Waals surface area contributed by atoms with Crippen LogP contribution in [0.2, 0.25) is 0 Å². The summed E-state index contributed by atoms with van der Waals surface area (Å²) in [4.78, 5) is 16.2. The molecule has 1 N–H and O–H groups in total. The van der Waals surface area contributed by atoms with E-state index in [1.54, 1.807) is 0 Å². The van der Waals surface area contributed by atoms with Crippen molar-refractivity contribution in [3.8, 4) is 0 Å². The van der Waals surface area contributed by atoms with E-state index < -0.39 is 0 Å². The number of piperazine rings is 1. The summed E-state index contributed by atoms with van der Waals surface area (Å²) >= 11 is 0. The summed E-state index contributed by atoms with van der Waals surface area (Å²) in [5, 5.41) is 3.26. The standard InChI is InChI=1S/C16H25N3O/c1-18-10-12-19(13-11-18)16(20)14-17-9-5-8-15-6-3-2-4-7-15/h2-4,6-7,17H,5,8-14H2,1H3. The molecule has 1 aromatic carbocycles. The minimum absolute atomic E-state index is 0.234. The van der Waals surface area contributed by atoms with Crippen LogP contribution in [0.3, 0.4) is 0 Å². The van der Waals surface area contributed by atoms with Crippen molar-refractivity contribution in [3.63, 3.8) is 0 Å². The smallest absolute Gasteiger partial charge is 0.236 e. The van der Waals surface area contributed by atoms with Crippen LogP contribution in [0.25, 0.3) is 0 Å². The maximum atomic E-state index is 12.0. The van der Waals surface area contributed by atoms with Crippen LogP contribution >= 0.6 is 0 Å². The molecule has 1 heterocycles. The second-order valence-electron chi connectivity index (χ2n) is 5.45. The molecule has 1 aromatic rings. The number of rotatable bonds is 6. The van der Waals surface area contributed by atoms with E-state index in [2.05, 4.69) is 41.5 Å². The molecule has 4 nitrogen and oxygen atoms in total. The summed E-state index contributed by atoms with van der Waals surface area (Å²) < 4.78 is 0. The third-order valence-corrected chi connectivity index (χ3v) is 3.79. The third-order valence-electron chi connectivity index (χ3n) is 3.79. The van der Waals surface area contributed by atoms with Gasteiger partial charge in [0.1, 0.15) is 0 Å². The minimum atomic E-state index is 0.234. The molecular formula is C16H25N3O. The zero-order valence-corrected chi connectivity index (χ0v) is 12.3. The quantitative estimate of drug-likeness (QED) is 0.786. The fraction of sp³-hybridized carbons (Fsp3) is 0.562. The molecule has 1 aliphatic rings. The molecule has 0 bridgehead atoms. The summed E-state index contributed by atoms with van der Waals surface area (Å²) in [6.45, 7) is 5.06. The van der Waals surface area contributed by atoms with Gasteiger partial charge in [0.05, 0.1) is 6.54 Å². The molecule has 0 aliphatic carbocycles. The zero-order chi connectivity index (χ0) is 14.2. The highest BCUT2D eigenvalue weighted by atomic mass is 16.2. The van der Waals surface area contributed by atoms with E-state index in [-0.39, 0.29) is 5.91 Å². The van der Waals surface area contributed by atoms with Crippen molar-refractivity contribution in [1.82, 2.24) is 15.1 Å². The van der Waals surface area contributed by atoms with Crippen molar-refractivity contribution < 1.29 is 4.79 Å². The molecule has 1 saturated heterocycles. The van der Waals surface area contributed by atoms with Gasteiger partial charge in [0.15, 0.2) is 0 Å². The lowest BCUT2D eigenvalue weighted by molar-refractivity contribution is -0.131. The van der Waals surface area contributed by atoms with E-state index in [9.17, 15) is 4.79 Å². The number of benzene rings is 1. The van der Waals surface area contributed by atoms with Crippen LogP contribution in [0.15, 0.2) is 30.3 Å². The van der Waals surface area contributed by atoms with Gasteiger partial charge in [0.25, 0.3) is 0 Å². The maximum Gasteiger partial charge on any atom is 0.236 e. The number of carbonyl (C=O) groups excluding carboxylic acids is 1. The number of carbonyl (C=O) groups is 1. The fourth-order valence-corrected chi connectivity index (χ4v) is 2.43. The Hall–Kier alpha value is -1.39. The van der Waals surface area contributed by atoms with Crippen molar-refractivity contribution in [2.75, 3.05) is 46.3 Å². The Morgan fingerprint density at radius 3 is 2.55 bits per heavy atom. The van der Waals surface area contributed by atoms with Gasteiger partial charge in [0, 0.05) is 26.2 Å². The monoisotopic (exact) mass is 275 g/mol. The molecule has 0 atom stereocenters. The Labute approximate surface area is 121 Å². The van der Waals surface area contributed by atoms with Crippen molar-refractivity contribution >= 4 is 5.91 Å². The van der Waals surface area contributed by atoms with Crippen LogP contribution in [0, 0.1) is 0 Å². The van der Waals surface area contributed by atoms with E-state index in [1.807, 2.05) is 11.0 Å². The number of aryl methyl sites for hydroxylation is 1. The molecule has 1 amide bonds. The van der Waals surface area contributed by atoms with Crippen molar-refractivity contribution in [1.29, 1.82) is 0 Å². The molecule has 0 saturated carbocycles. The molecule has 20 heavy (non-hydrogen) atoms. The Morgan fingerprint density at radius 2 is 1.85 bits per heavy atom. The van der Waals surface area contributed by atoms with Gasteiger partial charge in [0.2, 0.25) is 5.91 Å². The Kier molecular flexibility index (Phi) is 6.02. The van der Waals surface area contributed by atoms with Gasteiger partial charge in [-0.15, -0.1) is 0 Å². The first-order valence-corrected chi connectivity index (χ1v) is 7.46. The molecule has 1 fully saturated rings. The highest BCUT2D eigenvalue weighted by molar-refractivity contribution is 5.78. The second kappa shape index (κ2) is 8.02. The van der Waals surface area contributed by atoms with Gasteiger partial charge < -0.3 is 15.1 Å². The highest BCUT2D eigenvalue weighted by Gasteiger charge is 2.17. The lowest BCUT2D eigenvalue weighted by Crippen LogP contribution is -2.49. The van der Waals surface area contributed by atoms with Gasteiger partial charge >= 0.3 is 0 Å². The first-order valence-electron chi connectivity index (χ1n) is 7.46. The first-order chi connectivity index (χ1) is 9.75. The van der Waals surface area contributed by atoms with E-state index in [1.165, 1.54) is 5.56 Å². The number of nitrogens with one attached hydrogen (secondary N) is 1. The number of hydrogen-bond donors (Lipinski definition) is 1. The van der Waals surface area contributed by atoms with Crippen LogP contribution in [0.4, 0.5) is 0 Å². The molecule has 0 spiro atoms.